The molecule has 6 heteroatoms. The van der Waals surface area contributed by atoms with Crippen molar-refractivity contribution < 1.29 is 19.1 Å². The average Bonchev–Trinajstić information content (AvgIpc) is 3.28. The average molecular weight is 312 g/mol. The molecule has 0 aromatic heterocycles. The molecule has 1 unspecified atom stereocenters. The predicted molar refractivity (Wildman–Crippen MR) is 83.0 cm³/mol. The molecular weight excluding hydrogens is 296 g/mol. The van der Waals surface area contributed by atoms with Crippen LogP contribution in [-0.2, 0) is 9.57 Å². The summed E-state index contributed by atoms with van der Waals surface area (Å²) in [5, 5.41) is 1.72. The van der Waals surface area contributed by atoms with Gasteiger partial charge in [-0.1, -0.05) is 6.08 Å². The number of rotatable bonds is 2. The Balaban J connectivity index is 1.86. The van der Waals surface area contributed by atoms with E-state index in [0.717, 1.165) is 11.3 Å². The van der Waals surface area contributed by atoms with Crippen LogP contribution in [0.1, 0.15) is 29.8 Å². The summed E-state index contributed by atoms with van der Waals surface area (Å²) in [5.41, 5.74) is 0.460. The molecule has 1 atom stereocenters. The molecule has 6 nitrogen and oxygen atoms in total. The number of hydroxylamine groups is 2. The van der Waals surface area contributed by atoms with Gasteiger partial charge in [0.1, 0.15) is 11.5 Å². The smallest absolute Gasteiger partial charge is 0.337 e. The van der Waals surface area contributed by atoms with Crippen LogP contribution in [0.25, 0.3) is 0 Å². The summed E-state index contributed by atoms with van der Waals surface area (Å²) in [6, 6.07) is 5.18. The van der Waals surface area contributed by atoms with E-state index < -0.39 is 17.4 Å². The topological polar surface area (TPSA) is 63.4 Å². The zero-order chi connectivity index (χ0) is 16.2. The van der Waals surface area contributed by atoms with Crippen molar-refractivity contribution in [3.8, 4) is 5.75 Å². The second-order valence-corrected chi connectivity index (χ2v) is 6.03. The number of allylic oxidation sites excluding steroid dienone is 2. The molecule has 23 heavy (non-hydrogen) atoms. The van der Waals surface area contributed by atoms with Gasteiger partial charge in [-0.3, -0.25) is 0 Å². The first-order valence-electron chi connectivity index (χ1n) is 7.32. The molecule has 4 rings (SSSR count). The van der Waals surface area contributed by atoms with Gasteiger partial charge in [0.2, 0.25) is 0 Å². The van der Waals surface area contributed by atoms with Crippen LogP contribution in [0.5, 0.6) is 5.75 Å². The number of ether oxygens (including phenoxy) is 2. The Kier molecular flexibility index (Phi) is 2.72. The molecule has 1 saturated heterocycles. The monoisotopic (exact) mass is 312 g/mol. The van der Waals surface area contributed by atoms with E-state index in [9.17, 15) is 4.79 Å². The standard InChI is InChI=1S/C17H16N2O4/c1-16(2)18-14(17-8-4-5-9-19(17)23-17)12-10-11(15(20)21-3)6-7-13(12)22-16/h4-10H,1-3H3. The van der Waals surface area contributed by atoms with Crippen LogP contribution in [0.2, 0.25) is 0 Å². The third-order valence-corrected chi connectivity index (χ3v) is 3.92. The highest BCUT2D eigenvalue weighted by molar-refractivity contribution is 6.12. The van der Waals surface area contributed by atoms with Crippen molar-refractivity contribution in [2.45, 2.75) is 25.3 Å². The summed E-state index contributed by atoms with van der Waals surface area (Å²) < 4.78 is 10.7. The van der Waals surface area contributed by atoms with Crippen molar-refractivity contribution in [3.05, 3.63) is 53.8 Å². The van der Waals surface area contributed by atoms with Crippen molar-refractivity contribution in [2.75, 3.05) is 7.11 Å². The molecule has 1 fully saturated rings. The van der Waals surface area contributed by atoms with E-state index >= 15 is 0 Å². The van der Waals surface area contributed by atoms with E-state index in [1.165, 1.54) is 7.11 Å². The van der Waals surface area contributed by atoms with Gasteiger partial charge >= 0.3 is 5.97 Å². The van der Waals surface area contributed by atoms with Gasteiger partial charge in [0.25, 0.3) is 5.72 Å². The molecule has 0 aliphatic carbocycles. The molecule has 0 amide bonds. The quantitative estimate of drug-likeness (QED) is 0.620. The second-order valence-electron chi connectivity index (χ2n) is 6.03. The van der Waals surface area contributed by atoms with Crippen molar-refractivity contribution in [1.82, 2.24) is 5.06 Å². The van der Waals surface area contributed by atoms with Crippen LogP contribution in [-0.4, -0.2) is 35.3 Å². The fourth-order valence-electron chi connectivity index (χ4n) is 2.86. The third kappa shape index (κ3) is 2.06. The fourth-order valence-corrected chi connectivity index (χ4v) is 2.86. The normalized spacial score (nSPS) is 25.9. The Hall–Kier alpha value is -2.60. The van der Waals surface area contributed by atoms with E-state index in [-0.39, 0.29) is 0 Å². The maximum absolute atomic E-state index is 11.8. The molecule has 1 aromatic carbocycles. The predicted octanol–water partition coefficient (Wildman–Crippen LogP) is 2.42. The molecule has 0 saturated carbocycles. The lowest BCUT2D eigenvalue weighted by Crippen LogP contribution is -2.39. The number of carbonyl (C=O) groups is 1. The van der Waals surface area contributed by atoms with Gasteiger partial charge in [-0.2, -0.15) is 0 Å². The Morgan fingerprint density at radius 2 is 2.13 bits per heavy atom. The van der Waals surface area contributed by atoms with Gasteiger partial charge in [-0.15, -0.1) is 0 Å². The van der Waals surface area contributed by atoms with Crippen molar-refractivity contribution in [1.29, 1.82) is 0 Å². The Morgan fingerprint density at radius 1 is 1.30 bits per heavy atom. The maximum Gasteiger partial charge on any atom is 0.337 e. The van der Waals surface area contributed by atoms with Crippen LogP contribution in [0.3, 0.4) is 0 Å². The van der Waals surface area contributed by atoms with E-state index in [1.807, 2.05) is 38.3 Å². The largest absolute Gasteiger partial charge is 0.466 e. The van der Waals surface area contributed by atoms with E-state index in [4.69, 9.17) is 19.3 Å². The van der Waals surface area contributed by atoms with E-state index in [0.29, 0.717) is 11.3 Å². The summed E-state index contributed by atoms with van der Waals surface area (Å²) in [6.07, 6.45) is 7.58. The maximum atomic E-state index is 11.8. The second kappa shape index (κ2) is 4.45. The van der Waals surface area contributed by atoms with Gasteiger partial charge in [-0.05, 0) is 44.2 Å². The molecule has 0 radical (unpaired) electrons. The van der Waals surface area contributed by atoms with E-state index in [1.54, 1.807) is 23.3 Å². The first-order chi connectivity index (χ1) is 11.0. The number of fused-ring (bicyclic) bond motifs is 2. The minimum absolute atomic E-state index is 0.401. The molecule has 0 spiro atoms. The summed E-state index contributed by atoms with van der Waals surface area (Å²) in [6.45, 7) is 3.77. The number of aliphatic imine (C=N–C) groups is 1. The Labute approximate surface area is 133 Å². The summed E-state index contributed by atoms with van der Waals surface area (Å²) in [4.78, 5) is 22.3. The minimum Gasteiger partial charge on any atom is -0.466 e. The zero-order valence-electron chi connectivity index (χ0n) is 13.1. The van der Waals surface area contributed by atoms with Gasteiger partial charge in [0, 0.05) is 11.8 Å². The summed E-state index contributed by atoms with van der Waals surface area (Å²) in [5.74, 6) is 0.266. The van der Waals surface area contributed by atoms with E-state index in [2.05, 4.69) is 0 Å². The fraction of sp³-hybridized carbons (Fsp3) is 0.294. The summed E-state index contributed by atoms with van der Waals surface area (Å²) >= 11 is 0. The first kappa shape index (κ1) is 14.0. The lowest BCUT2D eigenvalue weighted by molar-refractivity contribution is 0.0600. The molecule has 3 aliphatic rings. The lowest BCUT2D eigenvalue weighted by Gasteiger charge is -2.31. The number of carbonyl (C=O) groups excluding carboxylic acids is 1. The van der Waals surface area contributed by atoms with Crippen LogP contribution in [0, 0.1) is 0 Å². The van der Waals surface area contributed by atoms with Crippen molar-refractivity contribution in [2.24, 2.45) is 4.99 Å². The van der Waals surface area contributed by atoms with Gasteiger partial charge in [-0.25, -0.2) is 19.7 Å². The van der Waals surface area contributed by atoms with Gasteiger partial charge < -0.3 is 9.47 Å². The zero-order valence-corrected chi connectivity index (χ0v) is 13.1. The molecular formula is C17H16N2O4. The van der Waals surface area contributed by atoms with Crippen LogP contribution >= 0.6 is 0 Å². The highest BCUT2D eigenvalue weighted by atomic mass is 16.9. The molecule has 118 valence electrons. The van der Waals surface area contributed by atoms with Crippen LogP contribution in [0.15, 0.2) is 47.6 Å². The molecule has 1 aromatic rings. The number of nitrogens with zero attached hydrogens (tertiary/aromatic N) is 2. The number of hydrogen-bond donors (Lipinski definition) is 0. The number of esters is 1. The van der Waals surface area contributed by atoms with Crippen LogP contribution < -0.4 is 4.74 Å². The van der Waals surface area contributed by atoms with Crippen molar-refractivity contribution >= 4 is 11.7 Å². The van der Waals surface area contributed by atoms with Crippen molar-refractivity contribution in [3.63, 3.8) is 0 Å². The molecule has 3 heterocycles. The molecule has 0 bridgehead atoms. The molecule has 3 aliphatic heterocycles. The minimum atomic E-state index is -0.723. The highest BCUT2D eigenvalue weighted by Gasteiger charge is 2.59. The number of hydrogen-bond acceptors (Lipinski definition) is 6. The molecule has 0 N–H and O–H groups in total. The number of methoxy groups -OCH3 is 1. The highest BCUT2D eigenvalue weighted by Crippen LogP contribution is 2.46. The first-order valence-corrected chi connectivity index (χ1v) is 7.32. The Bertz CT molecular complexity index is 794. The SMILES string of the molecule is COC(=O)c1ccc2c(c1)C(C13C=CC=CN1O3)=NC(C)(C)O2. The Morgan fingerprint density at radius 3 is 2.87 bits per heavy atom. The number of benzene rings is 1. The van der Waals surface area contributed by atoms with Gasteiger partial charge in [0.05, 0.1) is 12.7 Å². The van der Waals surface area contributed by atoms with Gasteiger partial charge in [0.15, 0.2) is 5.72 Å². The third-order valence-electron chi connectivity index (χ3n) is 3.92. The lowest BCUT2D eigenvalue weighted by atomic mass is 9.95. The summed E-state index contributed by atoms with van der Waals surface area (Å²) in [7, 11) is 1.36. The van der Waals surface area contributed by atoms with Crippen LogP contribution in [0.4, 0.5) is 0 Å².